The van der Waals surface area contributed by atoms with Gasteiger partial charge in [0, 0.05) is 11.4 Å². The minimum atomic E-state index is -3.67. The van der Waals surface area contributed by atoms with Gasteiger partial charge in [0.1, 0.15) is 0 Å². The van der Waals surface area contributed by atoms with Gasteiger partial charge in [0.25, 0.3) is 10.1 Å². The molecule has 2 aromatic carbocycles. The number of hydrogen-bond acceptors (Lipinski definition) is 3. The molecular formula is C22H33N3O3S. The molecule has 160 valence electrons. The standard InChI is InChI=1S/C21H29N3.CH4O3S/c1-3-5-7-17-9-13-19(14-10-17)23-21(22)24-20-15-11-18(12-16-20)8-6-4-2;1-5(2,3)4/h9-16H,3-8H2,1-2H3,(H3,22,23,24);1H3,(H,2,3,4). The second-order valence-electron chi connectivity index (χ2n) is 6.96. The molecule has 0 amide bonds. The lowest BCUT2D eigenvalue weighted by Crippen LogP contribution is -2.20. The van der Waals surface area contributed by atoms with Gasteiger partial charge in [-0.1, -0.05) is 51.0 Å². The van der Waals surface area contributed by atoms with Crippen molar-refractivity contribution in [3.8, 4) is 0 Å². The first kappa shape index (κ1) is 24.7. The van der Waals surface area contributed by atoms with E-state index in [0.717, 1.165) is 24.2 Å². The van der Waals surface area contributed by atoms with Crippen molar-refractivity contribution in [2.45, 2.75) is 52.4 Å². The zero-order valence-corrected chi connectivity index (χ0v) is 18.3. The summed E-state index contributed by atoms with van der Waals surface area (Å²) in [7, 11) is -3.67. The molecule has 4 N–H and O–H groups in total. The molecular weight excluding hydrogens is 386 g/mol. The van der Waals surface area contributed by atoms with Gasteiger partial charge in [-0.25, -0.2) is 0 Å². The molecule has 2 aromatic rings. The maximum Gasteiger partial charge on any atom is 0.261 e. The minimum Gasteiger partial charge on any atom is -0.326 e. The van der Waals surface area contributed by atoms with Gasteiger partial charge in [-0.3, -0.25) is 9.96 Å². The molecule has 0 radical (unpaired) electrons. The van der Waals surface area contributed by atoms with E-state index in [1.54, 1.807) is 0 Å². The quantitative estimate of drug-likeness (QED) is 0.263. The third-order valence-electron chi connectivity index (χ3n) is 4.08. The normalized spacial score (nSPS) is 10.6. The van der Waals surface area contributed by atoms with Crippen LogP contribution in [0.25, 0.3) is 0 Å². The van der Waals surface area contributed by atoms with Crippen molar-refractivity contribution >= 4 is 27.5 Å². The van der Waals surface area contributed by atoms with E-state index in [4.69, 9.17) is 9.96 Å². The summed E-state index contributed by atoms with van der Waals surface area (Å²) in [4.78, 5) is 0. The molecule has 0 spiro atoms. The molecule has 0 bridgehead atoms. The van der Waals surface area contributed by atoms with Crippen LogP contribution < -0.4 is 10.6 Å². The number of anilines is 2. The van der Waals surface area contributed by atoms with E-state index in [2.05, 4.69) is 48.7 Å². The Bertz CT molecular complexity index is 769. The van der Waals surface area contributed by atoms with Gasteiger partial charge in [-0.2, -0.15) is 8.42 Å². The Hall–Kier alpha value is -2.38. The average Bonchev–Trinajstić information content (AvgIpc) is 2.65. The minimum absolute atomic E-state index is 0.289. The molecule has 2 rings (SSSR count). The molecule has 0 aromatic heterocycles. The van der Waals surface area contributed by atoms with Crippen LogP contribution in [-0.2, 0) is 23.0 Å². The van der Waals surface area contributed by atoms with Crippen LogP contribution >= 0.6 is 0 Å². The molecule has 6 nitrogen and oxygen atoms in total. The summed E-state index contributed by atoms with van der Waals surface area (Å²) in [5.74, 6) is 0.289. The maximum absolute atomic E-state index is 9.19. The third kappa shape index (κ3) is 12.6. The molecule has 0 saturated carbocycles. The number of nitrogens with one attached hydrogen (secondary N) is 3. The summed E-state index contributed by atoms with van der Waals surface area (Å²) in [6.45, 7) is 4.42. The highest BCUT2D eigenvalue weighted by atomic mass is 32.2. The van der Waals surface area contributed by atoms with Crippen LogP contribution in [0.4, 0.5) is 11.4 Å². The van der Waals surface area contributed by atoms with Gasteiger partial charge in [0.2, 0.25) is 0 Å². The topological polar surface area (TPSA) is 102 Å². The molecule has 0 saturated heterocycles. The van der Waals surface area contributed by atoms with Crippen molar-refractivity contribution in [1.29, 1.82) is 5.41 Å². The van der Waals surface area contributed by atoms with E-state index in [1.165, 1.54) is 36.8 Å². The first-order valence-electron chi connectivity index (χ1n) is 9.94. The van der Waals surface area contributed by atoms with E-state index in [1.807, 2.05) is 24.3 Å². The van der Waals surface area contributed by atoms with E-state index in [0.29, 0.717) is 6.26 Å². The lowest BCUT2D eigenvalue weighted by Gasteiger charge is -2.11. The van der Waals surface area contributed by atoms with Crippen molar-refractivity contribution in [3.63, 3.8) is 0 Å². The SMILES string of the molecule is CCCCc1ccc(NC(=N)Nc2ccc(CCCC)cc2)cc1.CS(=O)(=O)O. The van der Waals surface area contributed by atoms with Crippen LogP contribution in [0.15, 0.2) is 48.5 Å². The third-order valence-corrected chi connectivity index (χ3v) is 4.08. The van der Waals surface area contributed by atoms with E-state index in [9.17, 15) is 8.42 Å². The van der Waals surface area contributed by atoms with Crippen molar-refractivity contribution in [1.82, 2.24) is 0 Å². The van der Waals surface area contributed by atoms with Crippen molar-refractivity contribution in [2.24, 2.45) is 0 Å². The molecule has 0 aliphatic heterocycles. The zero-order valence-electron chi connectivity index (χ0n) is 17.5. The van der Waals surface area contributed by atoms with Crippen LogP contribution in [0.2, 0.25) is 0 Å². The fraction of sp³-hybridized carbons (Fsp3) is 0.409. The number of guanidine groups is 1. The molecule has 0 aliphatic carbocycles. The van der Waals surface area contributed by atoms with Crippen LogP contribution in [0.3, 0.4) is 0 Å². The summed E-state index contributed by atoms with van der Waals surface area (Å²) in [5, 5.41) is 14.3. The van der Waals surface area contributed by atoms with Crippen molar-refractivity contribution < 1.29 is 13.0 Å². The summed E-state index contributed by atoms with van der Waals surface area (Å²) >= 11 is 0. The molecule has 0 unspecified atom stereocenters. The fourth-order valence-corrected chi connectivity index (χ4v) is 2.59. The van der Waals surface area contributed by atoms with Crippen LogP contribution in [-0.4, -0.2) is 25.2 Å². The van der Waals surface area contributed by atoms with Crippen LogP contribution in [0.1, 0.15) is 50.7 Å². The van der Waals surface area contributed by atoms with Crippen LogP contribution in [0.5, 0.6) is 0 Å². The first-order valence-corrected chi connectivity index (χ1v) is 11.8. The van der Waals surface area contributed by atoms with Gasteiger partial charge < -0.3 is 10.6 Å². The number of benzene rings is 2. The Morgan fingerprint density at radius 1 is 0.828 bits per heavy atom. The molecule has 0 atom stereocenters. The van der Waals surface area contributed by atoms with Crippen molar-refractivity contribution in [3.05, 3.63) is 59.7 Å². The van der Waals surface area contributed by atoms with Gasteiger partial charge in [-0.05, 0) is 61.1 Å². The molecule has 0 fully saturated rings. The van der Waals surface area contributed by atoms with E-state index < -0.39 is 10.1 Å². The Morgan fingerprint density at radius 3 is 1.41 bits per heavy atom. The molecule has 0 aliphatic rings. The molecule has 0 heterocycles. The second kappa shape index (κ2) is 13.0. The Labute approximate surface area is 175 Å². The fourth-order valence-electron chi connectivity index (χ4n) is 2.59. The Kier molecular flexibility index (Phi) is 11.0. The summed E-state index contributed by atoms with van der Waals surface area (Å²) in [6.07, 6.45) is 7.83. The lowest BCUT2D eigenvalue weighted by atomic mass is 10.1. The smallest absolute Gasteiger partial charge is 0.261 e. The monoisotopic (exact) mass is 419 g/mol. The van der Waals surface area contributed by atoms with E-state index >= 15 is 0 Å². The zero-order chi connectivity index (χ0) is 21.7. The summed E-state index contributed by atoms with van der Waals surface area (Å²) in [5.41, 5.74) is 4.58. The first-order chi connectivity index (χ1) is 13.7. The van der Waals surface area contributed by atoms with Gasteiger partial charge in [0.15, 0.2) is 5.96 Å². The maximum atomic E-state index is 9.19. The average molecular weight is 420 g/mol. The number of hydrogen-bond donors (Lipinski definition) is 4. The van der Waals surface area contributed by atoms with Gasteiger partial charge in [0.05, 0.1) is 6.26 Å². The highest BCUT2D eigenvalue weighted by Crippen LogP contribution is 2.14. The summed E-state index contributed by atoms with van der Waals surface area (Å²) in [6, 6.07) is 16.7. The Morgan fingerprint density at radius 2 is 1.14 bits per heavy atom. The van der Waals surface area contributed by atoms with Gasteiger partial charge >= 0.3 is 0 Å². The lowest BCUT2D eigenvalue weighted by molar-refractivity contribution is 0.490. The molecule has 7 heteroatoms. The largest absolute Gasteiger partial charge is 0.326 e. The van der Waals surface area contributed by atoms with Crippen LogP contribution in [0, 0.1) is 5.41 Å². The van der Waals surface area contributed by atoms with Gasteiger partial charge in [-0.15, -0.1) is 0 Å². The number of aryl methyl sites for hydroxylation is 2. The highest BCUT2D eigenvalue weighted by molar-refractivity contribution is 7.85. The molecule has 29 heavy (non-hydrogen) atoms. The number of unbranched alkanes of at least 4 members (excludes halogenated alkanes) is 2. The predicted molar refractivity (Wildman–Crippen MR) is 123 cm³/mol. The summed E-state index contributed by atoms with van der Waals surface area (Å²) < 4.78 is 25.9. The second-order valence-corrected chi connectivity index (χ2v) is 8.43. The highest BCUT2D eigenvalue weighted by Gasteiger charge is 2.00. The number of rotatable bonds is 8. The predicted octanol–water partition coefficient (Wildman–Crippen LogP) is 5.33. The van der Waals surface area contributed by atoms with Crippen molar-refractivity contribution in [2.75, 3.05) is 16.9 Å². The Balaban J connectivity index is 0.000000749. The van der Waals surface area contributed by atoms with E-state index in [-0.39, 0.29) is 5.96 Å².